The lowest BCUT2D eigenvalue weighted by Gasteiger charge is -2.30. The lowest BCUT2D eigenvalue weighted by molar-refractivity contribution is -0.140. The Balaban J connectivity index is 2.18. The first kappa shape index (κ1) is 30.1. The van der Waals surface area contributed by atoms with E-state index < -0.39 is 16.1 Å². The van der Waals surface area contributed by atoms with Crippen molar-refractivity contribution in [2.24, 2.45) is 5.92 Å². The van der Waals surface area contributed by atoms with E-state index in [0.717, 1.165) is 21.9 Å². The third kappa shape index (κ3) is 9.09. The van der Waals surface area contributed by atoms with Crippen LogP contribution in [0.3, 0.4) is 0 Å². The van der Waals surface area contributed by atoms with Gasteiger partial charge in [-0.25, -0.2) is 8.42 Å². The highest BCUT2D eigenvalue weighted by atomic mass is 79.9. The Bertz CT molecular complexity index is 1160. The van der Waals surface area contributed by atoms with Gasteiger partial charge in [0.1, 0.15) is 6.04 Å². The van der Waals surface area contributed by atoms with Crippen LogP contribution in [0.2, 0.25) is 5.02 Å². The smallest absolute Gasteiger partial charge is 0.242 e. The Labute approximate surface area is 228 Å². The lowest BCUT2D eigenvalue weighted by atomic mass is 10.1. The molecule has 1 atom stereocenters. The predicted octanol–water partition coefficient (Wildman–Crippen LogP) is 5.15. The van der Waals surface area contributed by atoms with Gasteiger partial charge in [-0.3, -0.25) is 13.9 Å². The number of benzene rings is 2. The van der Waals surface area contributed by atoms with Gasteiger partial charge in [-0.15, -0.1) is 0 Å². The van der Waals surface area contributed by atoms with Gasteiger partial charge in [0.25, 0.3) is 0 Å². The first-order chi connectivity index (χ1) is 16.8. The van der Waals surface area contributed by atoms with Gasteiger partial charge < -0.3 is 10.2 Å². The van der Waals surface area contributed by atoms with Crippen LogP contribution in [0.25, 0.3) is 0 Å². The highest BCUT2D eigenvalue weighted by Crippen LogP contribution is 2.27. The second-order valence-electron chi connectivity index (χ2n) is 9.33. The molecule has 0 heterocycles. The maximum atomic E-state index is 13.3. The predicted molar refractivity (Wildman–Crippen MR) is 150 cm³/mol. The minimum atomic E-state index is -3.59. The summed E-state index contributed by atoms with van der Waals surface area (Å²) in [5.41, 5.74) is 2.15. The SMILES string of the molecule is Cc1ccc(Cl)cc1N(CCCC(=O)N(Cc1ccc(Br)cc1)C(C)C(=O)NCC(C)C)S(C)(=O)=O. The largest absolute Gasteiger partial charge is 0.354 e. The summed E-state index contributed by atoms with van der Waals surface area (Å²) in [6, 6.07) is 12.0. The zero-order valence-corrected chi connectivity index (χ0v) is 24.6. The molecule has 0 aliphatic heterocycles. The van der Waals surface area contributed by atoms with E-state index in [0.29, 0.717) is 17.3 Å². The molecule has 1 unspecified atom stereocenters. The van der Waals surface area contributed by atoms with Crippen LogP contribution in [0, 0.1) is 12.8 Å². The Morgan fingerprint density at radius 2 is 1.72 bits per heavy atom. The van der Waals surface area contributed by atoms with Crippen LogP contribution < -0.4 is 9.62 Å². The molecule has 0 radical (unpaired) electrons. The first-order valence-corrected chi connectivity index (χ1v) is 14.9. The molecule has 0 bridgehead atoms. The van der Waals surface area contributed by atoms with E-state index in [1.165, 1.54) is 4.31 Å². The number of aryl methyl sites for hydroxylation is 1. The number of hydrogen-bond acceptors (Lipinski definition) is 4. The topological polar surface area (TPSA) is 86.8 Å². The number of nitrogens with zero attached hydrogens (tertiary/aromatic N) is 2. The fourth-order valence-electron chi connectivity index (χ4n) is 3.66. The second-order valence-corrected chi connectivity index (χ2v) is 12.6. The van der Waals surface area contributed by atoms with Gasteiger partial charge in [-0.05, 0) is 61.6 Å². The summed E-state index contributed by atoms with van der Waals surface area (Å²) >= 11 is 9.52. The molecule has 0 aliphatic rings. The van der Waals surface area contributed by atoms with Gasteiger partial charge in [0, 0.05) is 35.6 Å². The standard InChI is InChI=1S/C26H35BrClN3O4S/c1-18(2)16-29-26(33)20(4)30(17-21-9-11-22(27)12-10-21)25(32)7-6-14-31(36(5,34)35)24-15-23(28)13-8-19(24)3/h8-13,15,18,20H,6-7,14,16-17H2,1-5H3,(H,29,33). The fraction of sp³-hybridized carbons (Fsp3) is 0.462. The Morgan fingerprint density at radius 3 is 2.31 bits per heavy atom. The first-order valence-electron chi connectivity index (χ1n) is 11.8. The van der Waals surface area contributed by atoms with Crippen LogP contribution in [0.5, 0.6) is 0 Å². The molecule has 7 nitrogen and oxygen atoms in total. The number of amides is 2. The quantitative estimate of drug-likeness (QED) is 0.365. The lowest BCUT2D eigenvalue weighted by Crippen LogP contribution is -2.48. The van der Waals surface area contributed by atoms with E-state index in [-0.39, 0.29) is 43.7 Å². The maximum absolute atomic E-state index is 13.3. The normalized spacial score (nSPS) is 12.3. The van der Waals surface area contributed by atoms with E-state index in [4.69, 9.17) is 11.6 Å². The van der Waals surface area contributed by atoms with Crippen LogP contribution in [0.15, 0.2) is 46.9 Å². The number of carbonyl (C=O) groups excluding carboxylic acids is 2. The summed E-state index contributed by atoms with van der Waals surface area (Å²) in [5.74, 6) is -0.156. The van der Waals surface area contributed by atoms with Gasteiger partial charge >= 0.3 is 0 Å². The summed E-state index contributed by atoms with van der Waals surface area (Å²) in [4.78, 5) is 27.7. The van der Waals surface area contributed by atoms with Crippen molar-refractivity contribution in [1.82, 2.24) is 10.2 Å². The van der Waals surface area contributed by atoms with Crippen molar-refractivity contribution in [1.29, 1.82) is 0 Å². The number of rotatable bonds is 12. The number of halogens is 2. The highest BCUT2D eigenvalue weighted by molar-refractivity contribution is 9.10. The Kier molecular flexibility index (Phi) is 11.3. The molecule has 2 aromatic carbocycles. The zero-order valence-electron chi connectivity index (χ0n) is 21.4. The molecular formula is C26H35BrClN3O4S. The van der Waals surface area contributed by atoms with Crippen LogP contribution >= 0.6 is 27.5 Å². The maximum Gasteiger partial charge on any atom is 0.242 e. The summed E-state index contributed by atoms with van der Waals surface area (Å²) in [6.07, 6.45) is 1.51. The van der Waals surface area contributed by atoms with E-state index in [9.17, 15) is 18.0 Å². The molecule has 0 fully saturated rings. The van der Waals surface area contributed by atoms with Crippen molar-refractivity contribution < 1.29 is 18.0 Å². The van der Waals surface area contributed by atoms with Crippen LogP contribution in [-0.4, -0.2) is 50.5 Å². The van der Waals surface area contributed by atoms with Crippen LogP contribution in [0.1, 0.15) is 44.7 Å². The summed E-state index contributed by atoms with van der Waals surface area (Å²) in [7, 11) is -3.59. The average molecular weight is 601 g/mol. The van der Waals surface area contributed by atoms with Crippen molar-refractivity contribution >= 4 is 55.1 Å². The number of anilines is 1. The monoisotopic (exact) mass is 599 g/mol. The zero-order chi connectivity index (χ0) is 27.0. The van der Waals surface area contributed by atoms with Crippen molar-refractivity contribution in [3.63, 3.8) is 0 Å². The van der Waals surface area contributed by atoms with E-state index in [1.807, 2.05) is 45.0 Å². The van der Waals surface area contributed by atoms with Gasteiger partial charge in [0.05, 0.1) is 11.9 Å². The summed E-state index contributed by atoms with van der Waals surface area (Å²) in [5, 5.41) is 3.33. The van der Waals surface area contributed by atoms with Gasteiger partial charge in [-0.2, -0.15) is 0 Å². The number of sulfonamides is 1. The average Bonchev–Trinajstić information content (AvgIpc) is 2.80. The second kappa shape index (κ2) is 13.4. The molecule has 1 N–H and O–H groups in total. The fourth-order valence-corrected chi connectivity index (χ4v) is 5.10. The van der Waals surface area contributed by atoms with Crippen molar-refractivity contribution in [2.75, 3.05) is 23.7 Å². The van der Waals surface area contributed by atoms with E-state index >= 15 is 0 Å². The molecule has 0 aliphatic carbocycles. The van der Waals surface area contributed by atoms with Crippen molar-refractivity contribution in [2.45, 2.75) is 53.1 Å². The molecular weight excluding hydrogens is 566 g/mol. The number of carbonyl (C=O) groups is 2. The summed E-state index contributed by atoms with van der Waals surface area (Å²) < 4.78 is 27.3. The molecule has 2 aromatic rings. The van der Waals surface area contributed by atoms with Crippen molar-refractivity contribution in [3.05, 3.63) is 63.1 Å². The minimum absolute atomic E-state index is 0.0873. The number of nitrogens with one attached hydrogen (secondary N) is 1. The van der Waals surface area contributed by atoms with E-state index in [1.54, 1.807) is 30.0 Å². The van der Waals surface area contributed by atoms with Crippen molar-refractivity contribution in [3.8, 4) is 0 Å². The molecule has 198 valence electrons. The van der Waals surface area contributed by atoms with Gasteiger partial charge in [0.15, 0.2) is 0 Å². The molecule has 0 saturated heterocycles. The summed E-state index contributed by atoms with van der Waals surface area (Å²) in [6.45, 7) is 8.44. The molecule has 0 aromatic heterocycles. The Morgan fingerprint density at radius 1 is 1.08 bits per heavy atom. The van der Waals surface area contributed by atoms with Crippen LogP contribution in [0.4, 0.5) is 5.69 Å². The molecule has 0 spiro atoms. The minimum Gasteiger partial charge on any atom is -0.354 e. The van der Waals surface area contributed by atoms with E-state index in [2.05, 4.69) is 21.2 Å². The van der Waals surface area contributed by atoms with Crippen LogP contribution in [-0.2, 0) is 26.2 Å². The molecule has 2 rings (SSSR count). The number of hydrogen-bond donors (Lipinski definition) is 1. The molecule has 36 heavy (non-hydrogen) atoms. The highest BCUT2D eigenvalue weighted by Gasteiger charge is 2.27. The molecule has 0 saturated carbocycles. The molecule has 2 amide bonds. The van der Waals surface area contributed by atoms with Gasteiger partial charge in [0.2, 0.25) is 21.8 Å². The third-order valence-corrected chi connectivity index (χ3v) is 7.65. The Hall–Kier alpha value is -2.10. The van der Waals surface area contributed by atoms with Gasteiger partial charge in [-0.1, -0.05) is 59.6 Å². The third-order valence-electron chi connectivity index (χ3n) is 5.71. The molecule has 10 heteroatoms.